The number of hydrogen-bond donors (Lipinski definition) is 0. The highest BCUT2D eigenvalue weighted by atomic mass is 16.7. The van der Waals surface area contributed by atoms with Crippen LogP contribution in [-0.4, -0.2) is 31.9 Å². The summed E-state index contributed by atoms with van der Waals surface area (Å²) in [7, 11) is 0. The number of fused-ring (bicyclic) bond motifs is 1. The minimum absolute atomic E-state index is 0.100. The van der Waals surface area contributed by atoms with Gasteiger partial charge >= 0.3 is 11.9 Å². The Morgan fingerprint density at radius 2 is 1.58 bits per heavy atom. The van der Waals surface area contributed by atoms with Crippen LogP contribution in [-0.2, 0) is 14.3 Å². The second kappa shape index (κ2) is 11.4. The summed E-state index contributed by atoms with van der Waals surface area (Å²) in [5.74, 6) is 0.801. The molecule has 0 aromatic heterocycles. The second-order valence-corrected chi connectivity index (χ2v) is 6.30. The van der Waals surface area contributed by atoms with Gasteiger partial charge in [-0.3, -0.25) is 4.79 Å². The molecule has 0 unspecified atom stereocenters. The normalized spacial score (nSPS) is 12.0. The van der Waals surface area contributed by atoms with Crippen molar-refractivity contribution in [1.29, 1.82) is 0 Å². The van der Waals surface area contributed by atoms with E-state index >= 15 is 0 Å². The largest absolute Gasteiger partial charge is 0.466 e. The number of hydrogen-bond acceptors (Lipinski definition) is 6. The molecule has 1 aliphatic rings. The van der Waals surface area contributed by atoms with E-state index in [2.05, 4.69) is 0 Å². The van der Waals surface area contributed by atoms with Crippen LogP contribution in [0.5, 0.6) is 11.5 Å². The average Bonchev–Trinajstić information content (AvgIpc) is 3.11. The summed E-state index contributed by atoms with van der Waals surface area (Å²) in [6.45, 7) is 3.09. The Morgan fingerprint density at radius 3 is 2.31 bits per heavy atom. The number of benzene rings is 1. The molecule has 0 aliphatic carbocycles. The molecule has 6 nitrogen and oxygen atoms in total. The van der Waals surface area contributed by atoms with E-state index in [0.717, 1.165) is 44.9 Å². The molecule has 0 atom stereocenters. The van der Waals surface area contributed by atoms with Crippen molar-refractivity contribution in [2.45, 2.75) is 58.3 Å². The quantitative estimate of drug-likeness (QED) is 0.408. The number of ether oxygens (including phenoxy) is 4. The molecule has 1 heterocycles. The van der Waals surface area contributed by atoms with Crippen LogP contribution in [0, 0.1) is 0 Å². The number of unbranched alkanes of at least 4 members (excludes halogenated alkanes) is 5. The molecule has 0 N–H and O–H groups in total. The number of carbonyl (C=O) groups excluding carboxylic acids is 2. The lowest BCUT2D eigenvalue weighted by Gasteiger charge is -2.06. The van der Waals surface area contributed by atoms with Crippen molar-refractivity contribution in [3.05, 3.63) is 23.8 Å². The first kappa shape index (κ1) is 20.1. The fraction of sp³-hybridized carbons (Fsp3) is 0.600. The highest BCUT2D eigenvalue weighted by Crippen LogP contribution is 2.32. The molecule has 0 amide bonds. The molecule has 0 saturated heterocycles. The molecular formula is C20H28O6. The summed E-state index contributed by atoms with van der Waals surface area (Å²) in [6.07, 6.45) is 7.35. The van der Waals surface area contributed by atoms with Gasteiger partial charge < -0.3 is 18.9 Å². The van der Waals surface area contributed by atoms with Crippen molar-refractivity contribution in [1.82, 2.24) is 0 Å². The minimum atomic E-state index is -0.336. The Labute approximate surface area is 154 Å². The van der Waals surface area contributed by atoms with Gasteiger partial charge in [0.05, 0.1) is 18.8 Å². The van der Waals surface area contributed by atoms with E-state index in [1.807, 2.05) is 6.92 Å². The van der Waals surface area contributed by atoms with Crippen LogP contribution < -0.4 is 9.47 Å². The van der Waals surface area contributed by atoms with Crippen LogP contribution in [0.15, 0.2) is 18.2 Å². The van der Waals surface area contributed by atoms with Crippen LogP contribution in [0.4, 0.5) is 0 Å². The minimum Gasteiger partial charge on any atom is -0.466 e. The van der Waals surface area contributed by atoms with Crippen molar-refractivity contribution in [3.8, 4) is 11.5 Å². The summed E-state index contributed by atoms with van der Waals surface area (Å²) in [5.41, 5.74) is 0.479. The number of rotatable bonds is 12. The predicted octanol–water partition coefficient (Wildman–Crippen LogP) is 4.26. The van der Waals surface area contributed by atoms with Crippen molar-refractivity contribution in [3.63, 3.8) is 0 Å². The molecule has 0 saturated carbocycles. The third-order valence-corrected chi connectivity index (χ3v) is 4.10. The Bertz CT molecular complexity index is 584. The van der Waals surface area contributed by atoms with Crippen LogP contribution in [0.1, 0.15) is 68.6 Å². The molecule has 1 aliphatic heterocycles. The highest BCUT2D eigenvalue weighted by Gasteiger charge is 2.16. The highest BCUT2D eigenvalue weighted by molar-refractivity contribution is 5.90. The van der Waals surface area contributed by atoms with Gasteiger partial charge in [0.1, 0.15) is 0 Å². The summed E-state index contributed by atoms with van der Waals surface area (Å²) in [5, 5.41) is 0. The second-order valence-electron chi connectivity index (χ2n) is 6.30. The first-order chi connectivity index (χ1) is 12.7. The third kappa shape index (κ3) is 6.94. The van der Waals surface area contributed by atoms with Gasteiger partial charge in [-0.05, 0) is 37.5 Å². The van der Waals surface area contributed by atoms with E-state index in [-0.39, 0.29) is 18.7 Å². The molecule has 0 spiro atoms. The molecule has 0 fully saturated rings. The maximum absolute atomic E-state index is 12.0. The Balaban J connectivity index is 1.45. The zero-order valence-electron chi connectivity index (χ0n) is 15.5. The lowest BCUT2D eigenvalue weighted by Crippen LogP contribution is -2.06. The Hall–Kier alpha value is -2.24. The molecular weight excluding hydrogens is 336 g/mol. The van der Waals surface area contributed by atoms with Crippen molar-refractivity contribution < 1.29 is 28.5 Å². The van der Waals surface area contributed by atoms with Crippen molar-refractivity contribution in [2.24, 2.45) is 0 Å². The summed E-state index contributed by atoms with van der Waals surface area (Å²) >= 11 is 0. The fourth-order valence-corrected chi connectivity index (χ4v) is 2.65. The maximum Gasteiger partial charge on any atom is 0.338 e. The molecule has 1 aromatic carbocycles. The molecule has 2 rings (SSSR count). The topological polar surface area (TPSA) is 71.1 Å². The summed E-state index contributed by atoms with van der Waals surface area (Å²) in [6, 6.07) is 5.06. The van der Waals surface area contributed by atoms with Crippen LogP contribution in [0.3, 0.4) is 0 Å². The van der Waals surface area contributed by atoms with Crippen LogP contribution >= 0.6 is 0 Å². The SMILES string of the molecule is CCCC(=O)OCCCCCCCCOC(=O)c1ccc2c(c1)OCO2. The van der Waals surface area contributed by atoms with E-state index in [0.29, 0.717) is 36.7 Å². The smallest absolute Gasteiger partial charge is 0.338 e. The van der Waals surface area contributed by atoms with Gasteiger partial charge in [0, 0.05) is 6.42 Å². The Morgan fingerprint density at radius 1 is 0.923 bits per heavy atom. The first-order valence-electron chi connectivity index (χ1n) is 9.43. The number of carbonyl (C=O) groups is 2. The van der Waals surface area contributed by atoms with Gasteiger partial charge in [0.2, 0.25) is 6.79 Å². The van der Waals surface area contributed by atoms with E-state index in [1.165, 1.54) is 0 Å². The molecule has 0 bridgehead atoms. The van der Waals surface area contributed by atoms with Crippen LogP contribution in [0.2, 0.25) is 0 Å². The zero-order valence-corrected chi connectivity index (χ0v) is 15.5. The van der Waals surface area contributed by atoms with Gasteiger partial charge in [-0.15, -0.1) is 0 Å². The van der Waals surface area contributed by atoms with Crippen LogP contribution in [0.25, 0.3) is 0 Å². The fourth-order valence-electron chi connectivity index (χ4n) is 2.65. The van der Waals surface area contributed by atoms with E-state index in [4.69, 9.17) is 18.9 Å². The summed E-state index contributed by atoms with van der Waals surface area (Å²) in [4.78, 5) is 23.2. The van der Waals surface area contributed by atoms with E-state index in [9.17, 15) is 9.59 Å². The van der Waals surface area contributed by atoms with E-state index in [1.54, 1.807) is 18.2 Å². The predicted molar refractivity (Wildman–Crippen MR) is 96.4 cm³/mol. The lowest BCUT2D eigenvalue weighted by molar-refractivity contribution is -0.143. The monoisotopic (exact) mass is 364 g/mol. The van der Waals surface area contributed by atoms with Gasteiger partial charge in [0.25, 0.3) is 0 Å². The van der Waals surface area contributed by atoms with Gasteiger partial charge in [-0.1, -0.05) is 32.6 Å². The molecule has 6 heteroatoms. The number of esters is 2. The lowest BCUT2D eigenvalue weighted by atomic mass is 10.1. The molecule has 0 radical (unpaired) electrons. The van der Waals surface area contributed by atoms with Gasteiger partial charge in [0.15, 0.2) is 11.5 Å². The summed E-state index contributed by atoms with van der Waals surface area (Å²) < 4.78 is 20.9. The standard InChI is InChI=1S/C20H28O6/c1-2-9-19(21)23-12-7-5-3-4-6-8-13-24-20(22)16-10-11-17-18(14-16)26-15-25-17/h10-11,14H,2-9,12-13,15H2,1H3. The van der Waals surface area contributed by atoms with E-state index < -0.39 is 0 Å². The van der Waals surface area contributed by atoms with Gasteiger partial charge in [-0.2, -0.15) is 0 Å². The third-order valence-electron chi connectivity index (χ3n) is 4.10. The van der Waals surface area contributed by atoms with Crippen molar-refractivity contribution in [2.75, 3.05) is 20.0 Å². The van der Waals surface area contributed by atoms with Crippen molar-refractivity contribution >= 4 is 11.9 Å². The first-order valence-corrected chi connectivity index (χ1v) is 9.43. The maximum atomic E-state index is 12.0. The zero-order chi connectivity index (χ0) is 18.6. The Kier molecular flexibility index (Phi) is 8.79. The molecule has 26 heavy (non-hydrogen) atoms. The molecule has 144 valence electrons. The molecule has 1 aromatic rings. The average molecular weight is 364 g/mol. The van der Waals surface area contributed by atoms with Gasteiger partial charge in [-0.25, -0.2) is 4.79 Å².